The van der Waals surface area contributed by atoms with Crippen molar-refractivity contribution in [3.8, 4) is 11.4 Å². The molecule has 6 heteroatoms. The van der Waals surface area contributed by atoms with Crippen LogP contribution in [-0.2, 0) is 0 Å². The third-order valence-corrected chi connectivity index (χ3v) is 2.45. The number of anilines is 1. The van der Waals surface area contributed by atoms with Crippen LogP contribution in [0.2, 0.25) is 0 Å². The first-order valence-electron chi connectivity index (χ1n) is 5.75. The van der Waals surface area contributed by atoms with Gasteiger partial charge in [0.1, 0.15) is 5.82 Å². The molecule has 0 aliphatic carbocycles. The van der Waals surface area contributed by atoms with Crippen molar-refractivity contribution in [1.82, 2.24) is 9.97 Å². The van der Waals surface area contributed by atoms with Gasteiger partial charge in [-0.05, 0) is 18.6 Å². The molecule has 0 aromatic carbocycles. The van der Waals surface area contributed by atoms with E-state index in [0.717, 1.165) is 18.7 Å². The summed E-state index contributed by atoms with van der Waals surface area (Å²) < 4.78 is 0. The summed E-state index contributed by atoms with van der Waals surface area (Å²) in [4.78, 5) is 17.8. The van der Waals surface area contributed by atoms with Crippen molar-refractivity contribution < 1.29 is 4.92 Å². The minimum atomic E-state index is -0.411. The highest BCUT2D eigenvalue weighted by Gasteiger charge is 2.12. The van der Waals surface area contributed by atoms with E-state index in [4.69, 9.17) is 0 Å². The average molecular weight is 246 g/mol. The summed E-state index contributed by atoms with van der Waals surface area (Å²) in [5.74, 6) is 0.524. The summed E-state index contributed by atoms with van der Waals surface area (Å²) in [5.41, 5.74) is 1.36. The molecule has 0 saturated heterocycles. The molecule has 2 aromatic rings. The Morgan fingerprint density at radius 3 is 2.94 bits per heavy atom. The second-order valence-corrected chi connectivity index (χ2v) is 3.86. The molecule has 6 nitrogen and oxygen atoms in total. The van der Waals surface area contributed by atoms with E-state index in [-0.39, 0.29) is 5.69 Å². The molecule has 0 amide bonds. The van der Waals surface area contributed by atoms with Gasteiger partial charge in [-0.1, -0.05) is 6.92 Å². The molecule has 0 atom stereocenters. The fraction of sp³-hybridized carbons (Fsp3) is 0.250. The molecular weight excluding hydrogens is 232 g/mol. The van der Waals surface area contributed by atoms with E-state index in [9.17, 15) is 10.1 Å². The Morgan fingerprint density at radius 1 is 1.50 bits per heavy atom. The highest BCUT2D eigenvalue weighted by atomic mass is 16.6. The average Bonchev–Trinajstić information content (AvgIpc) is 2.89. The van der Waals surface area contributed by atoms with Crippen LogP contribution in [0.15, 0.2) is 30.5 Å². The molecule has 2 N–H and O–H groups in total. The Hall–Kier alpha value is -2.37. The maximum Gasteiger partial charge on any atom is 0.275 e. The van der Waals surface area contributed by atoms with Gasteiger partial charge >= 0.3 is 0 Å². The third kappa shape index (κ3) is 2.65. The van der Waals surface area contributed by atoms with Crippen molar-refractivity contribution in [2.75, 3.05) is 11.9 Å². The molecule has 0 radical (unpaired) electrons. The first-order chi connectivity index (χ1) is 8.70. The van der Waals surface area contributed by atoms with Crippen LogP contribution in [0.25, 0.3) is 11.4 Å². The van der Waals surface area contributed by atoms with E-state index < -0.39 is 4.92 Å². The van der Waals surface area contributed by atoms with Gasteiger partial charge in [0.2, 0.25) is 0 Å². The first kappa shape index (κ1) is 12.1. The second-order valence-electron chi connectivity index (χ2n) is 3.86. The SMILES string of the molecule is CCCNc1cc([N+](=O)[O-])cc(-c2ccc[nH]2)n1. The molecule has 0 aliphatic heterocycles. The summed E-state index contributed by atoms with van der Waals surface area (Å²) in [7, 11) is 0. The Labute approximate surface area is 104 Å². The van der Waals surface area contributed by atoms with Crippen molar-refractivity contribution in [3.63, 3.8) is 0 Å². The number of aromatic nitrogens is 2. The lowest BCUT2D eigenvalue weighted by atomic mass is 10.2. The van der Waals surface area contributed by atoms with E-state index in [1.807, 2.05) is 19.1 Å². The zero-order valence-corrected chi connectivity index (χ0v) is 10.0. The van der Waals surface area contributed by atoms with Gasteiger partial charge in [-0.2, -0.15) is 0 Å². The van der Waals surface area contributed by atoms with Crippen molar-refractivity contribution >= 4 is 11.5 Å². The molecule has 0 unspecified atom stereocenters. The molecular formula is C12H14N4O2. The molecule has 18 heavy (non-hydrogen) atoms. The zero-order valence-electron chi connectivity index (χ0n) is 10.0. The van der Waals surface area contributed by atoms with Crippen LogP contribution in [0.1, 0.15) is 13.3 Å². The Bertz CT molecular complexity index is 537. The number of H-pyrrole nitrogens is 1. The van der Waals surface area contributed by atoms with Crippen LogP contribution in [0, 0.1) is 10.1 Å². The molecule has 0 saturated carbocycles. The molecule has 0 bridgehead atoms. The van der Waals surface area contributed by atoms with Crippen molar-refractivity contribution in [2.45, 2.75) is 13.3 Å². The van der Waals surface area contributed by atoms with Crippen LogP contribution in [0.4, 0.5) is 11.5 Å². The maximum atomic E-state index is 10.9. The van der Waals surface area contributed by atoms with Crippen LogP contribution in [0.3, 0.4) is 0 Å². The minimum absolute atomic E-state index is 0.0354. The lowest BCUT2D eigenvalue weighted by molar-refractivity contribution is -0.384. The standard InChI is InChI=1S/C12H14N4O2/c1-2-5-14-12-8-9(16(17)18)7-11(15-12)10-4-3-6-13-10/h3-4,6-8,13H,2,5H2,1H3,(H,14,15). The lowest BCUT2D eigenvalue weighted by Crippen LogP contribution is -2.03. The molecule has 0 spiro atoms. The number of nitrogens with zero attached hydrogens (tertiary/aromatic N) is 2. The molecule has 2 aromatic heterocycles. The van der Waals surface area contributed by atoms with Crippen molar-refractivity contribution in [1.29, 1.82) is 0 Å². The Morgan fingerprint density at radius 2 is 2.33 bits per heavy atom. The minimum Gasteiger partial charge on any atom is -0.370 e. The number of nitrogens with one attached hydrogen (secondary N) is 2. The monoisotopic (exact) mass is 246 g/mol. The highest BCUT2D eigenvalue weighted by molar-refractivity contribution is 5.62. The normalized spacial score (nSPS) is 10.3. The third-order valence-electron chi connectivity index (χ3n) is 2.45. The highest BCUT2D eigenvalue weighted by Crippen LogP contribution is 2.24. The smallest absolute Gasteiger partial charge is 0.275 e. The Kier molecular flexibility index (Phi) is 3.57. The number of pyridine rings is 1. The topological polar surface area (TPSA) is 83.9 Å². The molecule has 0 fully saturated rings. The largest absolute Gasteiger partial charge is 0.370 e. The van der Waals surface area contributed by atoms with Gasteiger partial charge in [0.25, 0.3) is 5.69 Å². The van der Waals surface area contributed by atoms with Gasteiger partial charge in [-0.15, -0.1) is 0 Å². The molecule has 2 heterocycles. The second kappa shape index (κ2) is 5.31. The van der Waals surface area contributed by atoms with E-state index in [1.54, 1.807) is 6.20 Å². The summed E-state index contributed by atoms with van der Waals surface area (Å²) in [6.07, 6.45) is 2.69. The van der Waals surface area contributed by atoms with Crippen LogP contribution < -0.4 is 5.32 Å². The quantitative estimate of drug-likeness (QED) is 0.627. The fourth-order valence-electron chi connectivity index (χ4n) is 1.59. The number of hydrogen-bond acceptors (Lipinski definition) is 4. The summed E-state index contributed by atoms with van der Waals surface area (Å²) in [6, 6.07) is 6.57. The van der Waals surface area contributed by atoms with Gasteiger partial charge < -0.3 is 10.3 Å². The molecule has 0 aliphatic rings. The van der Waals surface area contributed by atoms with Crippen molar-refractivity contribution in [3.05, 3.63) is 40.6 Å². The fourth-order valence-corrected chi connectivity index (χ4v) is 1.59. The number of rotatable bonds is 5. The van der Waals surface area contributed by atoms with E-state index in [0.29, 0.717) is 11.5 Å². The van der Waals surface area contributed by atoms with E-state index >= 15 is 0 Å². The summed E-state index contributed by atoms with van der Waals surface area (Å²) in [5, 5.41) is 14.0. The van der Waals surface area contributed by atoms with Gasteiger partial charge in [-0.25, -0.2) is 4.98 Å². The van der Waals surface area contributed by atoms with Crippen LogP contribution >= 0.6 is 0 Å². The summed E-state index contributed by atoms with van der Waals surface area (Å²) in [6.45, 7) is 2.76. The van der Waals surface area contributed by atoms with Gasteiger partial charge in [0.05, 0.1) is 22.4 Å². The number of nitro groups is 1. The predicted molar refractivity (Wildman–Crippen MR) is 69.5 cm³/mol. The van der Waals surface area contributed by atoms with Crippen molar-refractivity contribution in [2.24, 2.45) is 0 Å². The molecule has 94 valence electrons. The van der Waals surface area contributed by atoms with Gasteiger partial charge in [0, 0.05) is 18.8 Å². The predicted octanol–water partition coefficient (Wildman–Crippen LogP) is 2.81. The Balaban J connectivity index is 2.40. The van der Waals surface area contributed by atoms with E-state index in [1.165, 1.54) is 12.1 Å². The van der Waals surface area contributed by atoms with Crippen LogP contribution in [0.5, 0.6) is 0 Å². The maximum absolute atomic E-state index is 10.9. The molecule has 2 rings (SSSR count). The first-order valence-corrected chi connectivity index (χ1v) is 5.75. The number of aromatic amines is 1. The zero-order chi connectivity index (χ0) is 13.0. The van der Waals surface area contributed by atoms with Crippen LogP contribution in [-0.4, -0.2) is 21.4 Å². The van der Waals surface area contributed by atoms with E-state index in [2.05, 4.69) is 15.3 Å². The summed E-state index contributed by atoms with van der Waals surface area (Å²) >= 11 is 0. The lowest BCUT2D eigenvalue weighted by Gasteiger charge is -2.06. The number of hydrogen-bond donors (Lipinski definition) is 2. The van der Waals surface area contributed by atoms with Gasteiger partial charge in [-0.3, -0.25) is 10.1 Å². The van der Waals surface area contributed by atoms with Gasteiger partial charge in [0.15, 0.2) is 0 Å².